The summed E-state index contributed by atoms with van der Waals surface area (Å²) < 4.78 is 0. The number of piperidine rings is 1. The highest BCUT2D eigenvalue weighted by Crippen LogP contribution is 2.19. The minimum Gasteiger partial charge on any atom is -0.353 e. The van der Waals surface area contributed by atoms with Gasteiger partial charge < -0.3 is 16.0 Å². The lowest BCUT2D eigenvalue weighted by Crippen LogP contribution is -2.48. The molecule has 3 rings (SSSR count). The number of amides is 3. The molecule has 2 fully saturated rings. The molecule has 136 valence electrons. The Balaban J connectivity index is 1.40. The lowest BCUT2D eigenvalue weighted by atomic mass is 10.0. The number of urea groups is 1. The zero-order valence-corrected chi connectivity index (χ0v) is 14.7. The van der Waals surface area contributed by atoms with Crippen molar-refractivity contribution in [1.82, 2.24) is 20.9 Å². The van der Waals surface area contributed by atoms with E-state index in [2.05, 4.69) is 45.1 Å². The molecule has 1 aromatic carbocycles. The molecule has 6 nitrogen and oxygen atoms in total. The predicted octanol–water partition coefficient (Wildman–Crippen LogP) is 1.62. The molecule has 0 aromatic heterocycles. The molecule has 0 spiro atoms. The first-order valence-electron chi connectivity index (χ1n) is 9.30. The van der Waals surface area contributed by atoms with Crippen LogP contribution in [0.2, 0.25) is 0 Å². The lowest BCUT2D eigenvalue weighted by Gasteiger charge is -2.35. The van der Waals surface area contributed by atoms with Crippen LogP contribution in [0.1, 0.15) is 37.7 Å². The van der Waals surface area contributed by atoms with Gasteiger partial charge in [-0.25, -0.2) is 4.79 Å². The third-order valence-corrected chi connectivity index (χ3v) is 4.83. The van der Waals surface area contributed by atoms with Gasteiger partial charge in [0.25, 0.3) is 0 Å². The molecular weight excluding hydrogens is 316 g/mol. The Labute approximate surface area is 149 Å². The summed E-state index contributed by atoms with van der Waals surface area (Å²) in [7, 11) is 0. The number of carbonyl (C=O) groups excluding carboxylic acids is 2. The zero-order chi connectivity index (χ0) is 17.5. The molecule has 1 saturated carbocycles. The maximum absolute atomic E-state index is 12.0. The van der Waals surface area contributed by atoms with E-state index in [9.17, 15) is 9.59 Å². The van der Waals surface area contributed by atoms with Gasteiger partial charge in [-0.05, 0) is 37.8 Å². The van der Waals surface area contributed by atoms with Crippen LogP contribution >= 0.6 is 0 Å². The average Bonchev–Trinajstić information content (AvgIpc) is 3.44. The van der Waals surface area contributed by atoms with Gasteiger partial charge in [-0.15, -0.1) is 0 Å². The van der Waals surface area contributed by atoms with Gasteiger partial charge in [-0.1, -0.05) is 36.8 Å². The maximum Gasteiger partial charge on any atom is 0.315 e. The molecule has 0 bridgehead atoms. The molecule has 1 atom stereocenters. The molecule has 2 aliphatic rings. The normalized spacial score (nSPS) is 20.7. The van der Waals surface area contributed by atoms with E-state index in [1.165, 1.54) is 18.4 Å². The van der Waals surface area contributed by atoms with Gasteiger partial charge in [0.1, 0.15) is 0 Å². The summed E-state index contributed by atoms with van der Waals surface area (Å²) in [4.78, 5) is 26.0. The molecular formula is C19H28N4O2. The quantitative estimate of drug-likeness (QED) is 0.704. The van der Waals surface area contributed by atoms with Gasteiger partial charge in [0, 0.05) is 25.2 Å². The maximum atomic E-state index is 12.0. The summed E-state index contributed by atoms with van der Waals surface area (Å²) in [6, 6.07) is 10.9. The van der Waals surface area contributed by atoms with Crippen molar-refractivity contribution in [2.75, 3.05) is 19.6 Å². The van der Waals surface area contributed by atoms with Crippen LogP contribution in [-0.2, 0) is 11.3 Å². The highest BCUT2D eigenvalue weighted by Gasteiger charge is 2.24. The van der Waals surface area contributed by atoms with Crippen molar-refractivity contribution >= 4 is 11.9 Å². The van der Waals surface area contributed by atoms with E-state index in [-0.39, 0.29) is 18.5 Å². The Morgan fingerprint density at radius 2 is 1.84 bits per heavy atom. The molecule has 0 radical (unpaired) electrons. The molecule has 1 aliphatic carbocycles. The third kappa shape index (κ3) is 6.05. The van der Waals surface area contributed by atoms with Gasteiger partial charge in [0.2, 0.25) is 5.91 Å². The van der Waals surface area contributed by atoms with E-state index in [0.29, 0.717) is 18.6 Å². The minimum absolute atomic E-state index is 0.0317. The van der Waals surface area contributed by atoms with E-state index in [1.807, 2.05) is 6.07 Å². The Morgan fingerprint density at radius 3 is 2.60 bits per heavy atom. The van der Waals surface area contributed by atoms with Gasteiger partial charge in [-0.2, -0.15) is 0 Å². The number of hydrogen-bond donors (Lipinski definition) is 3. The summed E-state index contributed by atoms with van der Waals surface area (Å²) in [6.07, 6.45) is 5.59. The Bertz CT molecular complexity index is 574. The standard InChI is InChI=1S/C19H28N4O2/c24-18(13-21-19(25)22-16-9-10-16)20-12-17-8-4-5-11-23(17)14-15-6-2-1-3-7-15/h1-3,6-7,16-17H,4-5,8-14H2,(H,20,24)(H2,21,22,25). The zero-order valence-electron chi connectivity index (χ0n) is 14.7. The van der Waals surface area contributed by atoms with Crippen molar-refractivity contribution in [2.45, 2.75) is 50.7 Å². The smallest absolute Gasteiger partial charge is 0.315 e. The van der Waals surface area contributed by atoms with Crippen molar-refractivity contribution in [1.29, 1.82) is 0 Å². The van der Waals surface area contributed by atoms with E-state index in [1.54, 1.807) is 0 Å². The van der Waals surface area contributed by atoms with E-state index < -0.39 is 0 Å². The van der Waals surface area contributed by atoms with Gasteiger partial charge in [-0.3, -0.25) is 9.69 Å². The molecule has 3 amide bonds. The van der Waals surface area contributed by atoms with Crippen molar-refractivity contribution in [3.63, 3.8) is 0 Å². The molecule has 25 heavy (non-hydrogen) atoms. The second kappa shape index (κ2) is 8.85. The molecule has 6 heteroatoms. The van der Waals surface area contributed by atoms with Crippen LogP contribution < -0.4 is 16.0 Å². The Hall–Kier alpha value is -2.08. The first-order valence-corrected chi connectivity index (χ1v) is 9.30. The number of nitrogens with one attached hydrogen (secondary N) is 3. The minimum atomic E-state index is -0.249. The van der Waals surface area contributed by atoms with Crippen molar-refractivity contribution < 1.29 is 9.59 Å². The number of likely N-dealkylation sites (tertiary alicyclic amines) is 1. The fourth-order valence-corrected chi connectivity index (χ4v) is 3.24. The topological polar surface area (TPSA) is 73.5 Å². The molecule has 1 saturated heterocycles. The summed E-state index contributed by atoms with van der Waals surface area (Å²) in [5.74, 6) is -0.129. The van der Waals surface area contributed by atoms with Crippen LogP contribution in [0.4, 0.5) is 4.79 Å². The van der Waals surface area contributed by atoms with Crippen molar-refractivity contribution in [2.24, 2.45) is 0 Å². The van der Waals surface area contributed by atoms with Crippen molar-refractivity contribution in [3.05, 3.63) is 35.9 Å². The largest absolute Gasteiger partial charge is 0.353 e. The summed E-state index contributed by atoms with van der Waals surface area (Å²) >= 11 is 0. The average molecular weight is 344 g/mol. The fraction of sp³-hybridized carbons (Fsp3) is 0.579. The lowest BCUT2D eigenvalue weighted by molar-refractivity contribution is -0.120. The van der Waals surface area contributed by atoms with Crippen LogP contribution in [0, 0.1) is 0 Å². The van der Waals surface area contributed by atoms with Crippen LogP contribution in [0.25, 0.3) is 0 Å². The predicted molar refractivity (Wildman–Crippen MR) is 97.1 cm³/mol. The highest BCUT2D eigenvalue weighted by molar-refractivity contribution is 5.84. The summed E-state index contributed by atoms with van der Waals surface area (Å²) in [5, 5.41) is 8.40. The molecule has 1 unspecified atom stereocenters. The van der Waals surface area contributed by atoms with Gasteiger partial charge in [0.15, 0.2) is 0 Å². The van der Waals surface area contributed by atoms with Crippen LogP contribution in [-0.4, -0.2) is 48.6 Å². The number of benzene rings is 1. The van der Waals surface area contributed by atoms with Gasteiger partial charge >= 0.3 is 6.03 Å². The first-order chi connectivity index (χ1) is 12.2. The number of nitrogens with zero attached hydrogens (tertiary/aromatic N) is 1. The Morgan fingerprint density at radius 1 is 1.04 bits per heavy atom. The first kappa shape index (κ1) is 17.7. The van der Waals surface area contributed by atoms with Crippen LogP contribution in [0.5, 0.6) is 0 Å². The van der Waals surface area contributed by atoms with Crippen LogP contribution in [0.3, 0.4) is 0 Å². The third-order valence-electron chi connectivity index (χ3n) is 4.83. The molecule has 3 N–H and O–H groups in total. The number of carbonyl (C=O) groups is 2. The van der Waals surface area contributed by atoms with E-state index in [0.717, 1.165) is 32.4 Å². The fourth-order valence-electron chi connectivity index (χ4n) is 3.24. The van der Waals surface area contributed by atoms with Crippen molar-refractivity contribution in [3.8, 4) is 0 Å². The summed E-state index contributed by atoms with van der Waals surface area (Å²) in [6.45, 7) is 2.66. The number of hydrogen-bond acceptors (Lipinski definition) is 3. The second-order valence-corrected chi connectivity index (χ2v) is 7.01. The van der Waals surface area contributed by atoms with Crippen LogP contribution in [0.15, 0.2) is 30.3 Å². The Kier molecular flexibility index (Phi) is 6.28. The van der Waals surface area contributed by atoms with E-state index >= 15 is 0 Å². The molecule has 1 aliphatic heterocycles. The van der Waals surface area contributed by atoms with Gasteiger partial charge in [0.05, 0.1) is 6.54 Å². The molecule has 1 heterocycles. The second-order valence-electron chi connectivity index (χ2n) is 7.01. The highest BCUT2D eigenvalue weighted by atomic mass is 16.2. The summed E-state index contributed by atoms with van der Waals surface area (Å²) in [5.41, 5.74) is 1.30. The van der Waals surface area contributed by atoms with E-state index in [4.69, 9.17) is 0 Å². The monoisotopic (exact) mass is 344 g/mol. The SMILES string of the molecule is O=C(CNC(=O)NC1CC1)NCC1CCCCN1Cc1ccccc1. The molecule has 1 aromatic rings. The number of rotatable bonds is 7.